The number of nitro benzene ring substituents is 1. The fourth-order valence-electron chi connectivity index (χ4n) is 3.19. The maximum atomic E-state index is 11.0. The van der Waals surface area contributed by atoms with Gasteiger partial charge >= 0.3 is 0 Å². The van der Waals surface area contributed by atoms with E-state index in [1.165, 1.54) is 12.1 Å². The zero-order valence-electron chi connectivity index (χ0n) is 14.5. The third kappa shape index (κ3) is 2.82. The summed E-state index contributed by atoms with van der Waals surface area (Å²) < 4.78 is 0. The highest BCUT2D eigenvalue weighted by Crippen LogP contribution is 2.46. The van der Waals surface area contributed by atoms with Crippen LogP contribution in [0.3, 0.4) is 0 Å². The number of fused-ring (bicyclic) bond motifs is 2. The Balaban J connectivity index is 1.68. The van der Waals surface area contributed by atoms with Gasteiger partial charge in [-0.05, 0) is 42.0 Å². The molecule has 0 amide bonds. The molecule has 0 bridgehead atoms. The average molecular weight is 386 g/mol. The van der Waals surface area contributed by atoms with Gasteiger partial charge in [0, 0.05) is 17.0 Å². The zero-order chi connectivity index (χ0) is 19.1. The van der Waals surface area contributed by atoms with E-state index < -0.39 is 4.92 Å². The molecule has 2 N–H and O–H groups in total. The van der Waals surface area contributed by atoms with Gasteiger partial charge in [0.15, 0.2) is 0 Å². The Morgan fingerprint density at radius 2 is 1.68 bits per heavy atom. The molecule has 136 valence electrons. The maximum absolute atomic E-state index is 11.0. The molecule has 1 aliphatic heterocycles. The van der Waals surface area contributed by atoms with Crippen molar-refractivity contribution in [1.82, 2.24) is 9.97 Å². The van der Waals surface area contributed by atoms with E-state index >= 15 is 0 Å². The summed E-state index contributed by atoms with van der Waals surface area (Å²) in [5, 5.41) is 14.5. The Kier molecular flexibility index (Phi) is 3.87. The first-order valence-electron chi connectivity index (χ1n) is 8.67. The van der Waals surface area contributed by atoms with E-state index in [-0.39, 0.29) is 5.69 Å². The number of H-pyrrole nitrogens is 1. The summed E-state index contributed by atoms with van der Waals surface area (Å²) in [5.41, 5.74) is 4.67. The van der Waals surface area contributed by atoms with Crippen molar-refractivity contribution < 1.29 is 4.92 Å². The molecule has 0 unspecified atom stereocenters. The highest BCUT2D eigenvalue weighted by molar-refractivity contribution is 8.08. The lowest BCUT2D eigenvalue weighted by Gasteiger charge is -2.23. The van der Waals surface area contributed by atoms with E-state index in [1.54, 1.807) is 23.9 Å². The van der Waals surface area contributed by atoms with Crippen molar-refractivity contribution in [2.75, 3.05) is 5.32 Å². The van der Waals surface area contributed by atoms with Gasteiger partial charge in [-0.15, -0.1) is 0 Å². The number of hydrogen-bond donors (Lipinski definition) is 2. The number of aromatic nitrogens is 2. The molecule has 0 spiro atoms. The number of hydrogen-bond acceptors (Lipinski definition) is 5. The highest BCUT2D eigenvalue weighted by Gasteiger charge is 2.23. The second-order valence-electron chi connectivity index (χ2n) is 6.33. The number of aromatic amines is 1. The first kappa shape index (κ1) is 16.6. The Labute approximate surface area is 164 Å². The minimum Gasteiger partial charge on any atom is -0.353 e. The summed E-state index contributed by atoms with van der Waals surface area (Å²) in [5.74, 6) is 0.765. The van der Waals surface area contributed by atoms with Gasteiger partial charge in [-0.1, -0.05) is 36.0 Å². The van der Waals surface area contributed by atoms with E-state index in [0.717, 1.165) is 43.6 Å². The van der Waals surface area contributed by atoms with Gasteiger partial charge in [-0.3, -0.25) is 10.1 Å². The summed E-state index contributed by atoms with van der Waals surface area (Å²) in [4.78, 5) is 20.8. The fourth-order valence-corrected chi connectivity index (χ4v) is 4.25. The van der Waals surface area contributed by atoms with Gasteiger partial charge < -0.3 is 10.3 Å². The van der Waals surface area contributed by atoms with Crippen molar-refractivity contribution in [3.63, 3.8) is 0 Å². The molecule has 6 nitrogen and oxygen atoms in total. The van der Waals surface area contributed by atoms with Crippen molar-refractivity contribution in [2.24, 2.45) is 0 Å². The maximum Gasteiger partial charge on any atom is 0.269 e. The quantitative estimate of drug-likeness (QED) is 0.358. The van der Waals surface area contributed by atoms with Crippen LogP contribution in [0.25, 0.3) is 21.6 Å². The SMILES string of the molecule is O=[N+]([O-])c1ccc(C2=C(c3nc4ccccc4[nH]3)Sc3ccccc3N2)cc1. The van der Waals surface area contributed by atoms with Crippen LogP contribution < -0.4 is 5.32 Å². The summed E-state index contributed by atoms with van der Waals surface area (Å²) in [6.07, 6.45) is 0. The Bertz CT molecular complexity index is 1210. The van der Waals surface area contributed by atoms with Crippen LogP contribution in [0.4, 0.5) is 11.4 Å². The van der Waals surface area contributed by atoms with Crippen molar-refractivity contribution in [1.29, 1.82) is 0 Å². The van der Waals surface area contributed by atoms with Gasteiger partial charge in [-0.25, -0.2) is 4.98 Å². The number of para-hydroxylation sites is 3. The number of imidazole rings is 1. The van der Waals surface area contributed by atoms with E-state index in [9.17, 15) is 10.1 Å². The van der Waals surface area contributed by atoms with E-state index in [0.29, 0.717) is 0 Å². The van der Waals surface area contributed by atoms with Gasteiger partial charge in [0.1, 0.15) is 5.82 Å². The standard InChI is InChI=1S/C21H14N4O2S/c26-25(27)14-11-9-13(10-12-14)19-20(28-18-8-4-3-7-17(18)22-19)21-23-15-5-1-2-6-16(15)24-21/h1-12,22H,(H,23,24). The largest absolute Gasteiger partial charge is 0.353 e. The predicted octanol–water partition coefficient (Wildman–Crippen LogP) is 5.51. The molecule has 1 aliphatic rings. The number of rotatable bonds is 3. The average Bonchev–Trinajstić information content (AvgIpc) is 3.17. The van der Waals surface area contributed by atoms with Crippen LogP contribution in [0.1, 0.15) is 11.4 Å². The van der Waals surface area contributed by atoms with Crippen molar-refractivity contribution >= 4 is 44.8 Å². The molecule has 0 aliphatic carbocycles. The van der Waals surface area contributed by atoms with Crippen LogP contribution in [-0.4, -0.2) is 14.9 Å². The molecule has 0 saturated heterocycles. The molecule has 4 aromatic rings. The summed E-state index contributed by atoms with van der Waals surface area (Å²) in [7, 11) is 0. The fraction of sp³-hybridized carbons (Fsp3) is 0. The zero-order valence-corrected chi connectivity index (χ0v) is 15.4. The first-order valence-corrected chi connectivity index (χ1v) is 9.49. The normalized spacial score (nSPS) is 13.3. The second kappa shape index (κ2) is 6.54. The minimum absolute atomic E-state index is 0.0681. The van der Waals surface area contributed by atoms with Crippen molar-refractivity contribution in [2.45, 2.75) is 4.90 Å². The molecule has 0 saturated carbocycles. The van der Waals surface area contributed by atoms with Gasteiger partial charge in [-0.2, -0.15) is 0 Å². The topological polar surface area (TPSA) is 83.8 Å². The van der Waals surface area contributed by atoms with Crippen LogP contribution in [0.2, 0.25) is 0 Å². The van der Waals surface area contributed by atoms with Gasteiger partial charge in [0.2, 0.25) is 0 Å². The van der Waals surface area contributed by atoms with E-state index in [2.05, 4.69) is 16.4 Å². The number of anilines is 1. The number of non-ortho nitro benzene ring substituents is 1. The lowest BCUT2D eigenvalue weighted by molar-refractivity contribution is -0.384. The molecule has 0 fully saturated rings. The van der Waals surface area contributed by atoms with Crippen LogP contribution >= 0.6 is 11.8 Å². The van der Waals surface area contributed by atoms with Crippen LogP contribution in [0.5, 0.6) is 0 Å². The number of nitro groups is 1. The molecule has 0 radical (unpaired) electrons. The molecular formula is C21H14N4O2S. The minimum atomic E-state index is -0.392. The third-order valence-electron chi connectivity index (χ3n) is 4.56. The Hall–Kier alpha value is -3.58. The summed E-state index contributed by atoms with van der Waals surface area (Å²) >= 11 is 1.63. The van der Waals surface area contributed by atoms with Gasteiger partial charge in [0.05, 0.1) is 32.2 Å². The van der Waals surface area contributed by atoms with E-state index in [4.69, 9.17) is 4.98 Å². The van der Waals surface area contributed by atoms with Gasteiger partial charge in [0.25, 0.3) is 5.69 Å². The number of thioether (sulfide) groups is 1. The monoisotopic (exact) mass is 386 g/mol. The number of benzene rings is 3. The van der Waals surface area contributed by atoms with Crippen molar-refractivity contribution in [3.8, 4) is 0 Å². The van der Waals surface area contributed by atoms with Crippen molar-refractivity contribution in [3.05, 3.63) is 94.3 Å². The molecule has 0 atom stereocenters. The molecule has 5 rings (SSSR count). The van der Waals surface area contributed by atoms with Crippen LogP contribution in [-0.2, 0) is 0 Å². The molecular weight excluding hydrogens is 372 g/mol. The smallest absolute Gasteiger partial charge is 0.269 e. The molecule has 7 heteroatoms. The Morgan fingerprint density at radius 1 is 0.929 bits per heavy atom. The third-order valence-corrected chi connectivity index (χ3v) is 5.73. The Morgan fingerprint density at radius 3 is 2.46 bits per heavy atom. The van der Waals surface area contributed by atoms with E-state index in [1.807, 2.05) is 42.5 Å². The molecule has 1 aromatic heterocycles. The predicted molar refractivity (Wildman–Crippen MR) is 112 cm³/mol. The number of nitrogens with one attached hydrogen (secondary N) is 2. The molecule has 2 heterocycles. The summed E-state index contributed by atoms with van der Waals surface area (Å²) in [6, 6.07) is 22.5. The lowest BCUT2D eigenvalue weighted by atomic mass is 10.1. The molecule has 28 heavy (non-hydrogen) atoms. The first-order chi connectivity index (χ1) is 13.7. The lowest BCUT2D eigenvalue weighted by Crippen LogP contribution is -2.07. The number of nitrogens with zero attached hydrogens (tertiary/aromatic N) is 2. The summed E-state index contributed by atoms with van der Waals surface area (Å²) in [6.45, 7) is 0. The van der Waals surface area contributed by atoms with Crippen LogP contribution in [0.15, 0.2) is 77.7 Å². The highest BCUT2D eigenvalue weighted by atomic mass is 32.2. The van der Waals surface area contributed by atoms with Crippen LogP contribution in [0, 0.1) is 10.1 Å². The molecule has 3 aromatic carbocycles. The second-order valence-corrected chi connectivity index (χ2v) is 7.39.